The van der Waals surface area contributed by atoms with Crippen molar-refractivity contribution in [2.75, 3.05) is 18.0 Å². The Morgan fingerprint density at radius 2 is 1.90 bits per heavy atom. The van der Waals surface area contributed by atoms with Gasteiger partial charge in [0.1, 0.15) is 4.99 Å². The van der Waals surface area contributed by atoms with E-state index in [9.17, 15) is 13.2 Å². The highest BCUT2D eigenvalue weighted by atomic mass is 35.5. The molecular weight excluding hydrogens is 309 g/mol. The van der Waals surface area contributed by atoms with Crippen LogP contribution in [0.25, 0.3) is 0 Å². The van der Waals surface area contributed by atoms with Crippen LogP contribution in [0.5, 0.6) is 0 Å². The fourth-order valence-electron chi connectivity index (χ4n) is 2.37. The molecule has 2 N–H and O–H groups in total. The molecule has 1 aliphatic heterocycles. The SMILES string of the molecule is NC(=S)c1ccc(N2CCC(C(F)(F)F)CC2)cc1Cl. The highest BCUT2D eigenvalue weighted by Gasteiger charge is 2.41. The van der Waals surface area contributed by atoms with E-state index in [0.717, 1.165) is 5.69 Å². The molecule has 0 unspecified atom stereocenters. The number of hydrogen-bond donors (Lipinski definition) is 1. The molecule has 0 spiro atoms. The fraction of sp³-hybridized carbons (Fsp3) is 0.462. The highest BCUT2D eigenvalue weighted by molar-refractivity contribution is 7.80. The predicted octanol–water partition coefficient (Wildman–Crippen LogP) is 3.75. The smallest absolute Gasteiger partial charge is 0.389 e. The largest absolute Gasteiger partial charge is 0.391 e. The highest BCUT2D eigenvalue weighted by Crippen LogP contribution is 2.36. The van der Waals surface area contributed by atoms with E-state index in [0.29, 0.717) is 23.7 Å². The van der Waals surface area contributed by atoms with Crippen molar-refractivity contribution in [3.8, 4) is 0 Å². The van der Waals surface area contributed by atoms with Crippen molar-refractivity contribution >= 4 is 34.5 Å². The standard InChI is InChI=1S/C13H14ClF3N2S/c14-11-7-9(1-2-10(11)12(18)20)19-5-3-8(4-6-19)13(15,16)17/h1-2,7-8H,3-6H2,(H2,18,20). The minimum absolute atomic E-state index is 0.109. The van der Waals surface area contributed by atoms with Crippen molar-refractivity contribution in [3.63, 3.8) is 0 Å². The third kappa shape index (κ3) is 3.35. The van der Waals surface area contributed by atoms with E-state index < -0.39 is 12.1 Å². The molecule has 1 saturated heterocycles. The number of hydrogen-bond acceptors (Lipinski definition) is 2. The number of benzene rings is 1. The van der Waals surface area contributed by atoms with Crippen molar-refractivity contribution in [1.29, 1.82) is 0 Å². The van der Waals surface area contributed by atoms with Crippen molar-refractivity contribution in [3.05, 3.63) is 28.8 Å². The Hall–Kier alpha value is -1.01. The fourth-order valence-corrected chi connectivity index (χ4v) is 2.88. The average molecular weight is 323 g/mol. The van der Waals surface area contributed by atoms with Crippen LogP contribution in [0.2, 0.25) is 5.02 Å². The summed E-state index contributed by atoms with van der Waals surface area (Å²) in [5.74, 6) is -1.20. The number of piperidine rings is 1. The van der Waals surface area contributed by atoms with Gasteiger partial charge in [0.05, 0.1) is 10.9 Å². The van der Waals surface area contributed by atoms with Crippen LogP contribution in [-0.2, 0) is 0 Å². The average Bonchev–Trinajstić information content (AvgIpc) is 2.37. The first kappa shape index (κ1) is 15.4. The van der Waals surface area contributed by atoms with Gasteiger partial charge in [0, 0.05) is 24.3 Å². The van der Waals surface area contributed by atoms with Gasteiger partial charge in [0.2, 0.25) is 0 Å². The summed E-state index contributed by atoms with van der Waals surface area (Å²) in [4.78, 5) is 2.11. The Kier molecular flexibility index (Phi) is 4.44. The Morgan fingerprint density at radius 3 is 2.35 bits per heavy atom. The lowest BCUT2D eigenvalue weighted by molar-refractivity contribution is -0.179. The third-order valence-corrected chi connectivity index (χ3v) is 4.07. The molecule has 1 heterocycles. The monoisotopic (exact) mass is 322 g/mol. The first-order valence-electron chi connectivity index (χ1n) is 6.20. The van der Waals surface area contributed by atoms with Gasteiger partial charge in [0.25, 0.3) is 0 Å². The maximum Gasteiger partial charge on any atom is 0.391 e. The molecule has 7 heteroatoms. The minimum atomic E-state index is -4.10. The maximum atomic E-state index is 12.6. The van der Waals surface area contributed by atoms with Crippen LogP contribution in [0.1, 0.15) is 18.4 Å². The summed E-state index contributed by atoms with van der Waals surface area (Å²) in [6.07, 6.45) is -3.88. The second-order valence-corrected chi connectivity index (χ2v) is 5.68. The number of anilines is 1. The van der Waals surface area contributed by atoms with Gasteiger partial charge in [-0.15, -0.1) is 0 Å². The maximum absolute atomic E-state index is 12.6. The molecule has 0 aliphatic carbocycles. The normalized spacial score (nSPS) is 17.3. The Labute approximate surface area is 125 Å². The molecule has 110 valence electrons. The number of halogens is 4. The summed E-state index contributed by atoms with van der Waals surface area (Å²) in [5.41, 5.74) is 6.90. The van der Waals surface area contributed by atoms with E-state index in [2.05, 4.69) is 0 Å². The summed E-state index contributed by atoms with van der Waals surface area (Å²) in [6, 6.07) is 5.19. The van der Waals surface area contributed by atoms with Crippen molar-refractivity contribution in [2.45, 2.75) is 19.0 Å². The van der Waals surface area contributed by atoms with Gasteiger partial charge in [-0.3, -0.25) is 0 Å². The zero-order valence-electron chi connectivity index (χ0n) is 10.6. The molecule has 2 rings (SSSR count). The second-order valence-electron chi connectivity index (χ2n) is 4.83. The zero-order chi connectivity index (χ0) is 14.9. The van der Waals surface area contributed by atoms with Crippen LogP contribution in [0.4, 0.5) is 18.9 Å². The molecular formula is C13H14ClF3N2S. The van der Waals surface area contributed by atoms with E-state index >= 15 is 0 Å². The summed E-state index contributed by atoms with van der Waals surface area (Å²) < 4.78 is 37.8. The molecule has 0 atom stereocenters. The predicted molar refractivity (Wildman–Crippen MR) is 78.3 cm³/mol. The first-order valence-corrected chi connectivity index (χ1v) is 6.98. The Morgan fingerprint density at radius 1 is 1.30 bits per heavy atom. The van der Waals surface area contributed by atoms with Crippen LogP contribution >= 0.6 is 23.8 Å². The number of nitrogens with two attached hydrogens (primary N) is 1. The Balaban J connectivity index is 2.08. The van der Waals surface area contributed by atoms with Gasteiger partial charge in [-0.1, -0.05) is 23.8 Å². The molecule has 0 amide bonds. The van der Waals surface area contributed by atoms with Gasteiger partial charge in [-0.25, -0.2) is 0 Å². The molecule has 1 aromatic carbocycles. The van der Waals surface area contributed by atoms with E-state index in [1.54, 1.807) is 18.2 Å². The second kappa shape index (κ2) is 5.77. The lowest BCUT2D eigenvalue weighted by atomic mass is 9.96. The van der Waals surface area contributed by atoms with Crippen molar-refractivity contribution in [2.24, 2.45) is 11.7 Å². The summed E-state index contributed by atoms with van der Waals surface area (Å²) in [7, 11) is 0. The number of nitrogens with zero attached hydrogens (tertiary/aromatic N) is 1. The number of thiocarbonyl (C=S) groups is 1. The lowest BCUT2D eigenvalue weighted by Crippen LogP contribution is -2.39. The van der Waals surface area contributed by atoms with Crippen LogP contribution in [0.15, 0.2) is 18.2 Å². The van der Waals surface area contributed by atoms with Crippen LogP contribution in [-0.4, -0.2) is 24.3 Å². The quantitative estimate of drug-likeness (QED) is 0.841. The van der Waals surface area contributed by atoms with Crippen LogP contribution < -0.4 is 10.6 Å². The molecule has 0 radical (unpaired) electrons. The summed E-state index contributed by atoms with van der Waals surface area (Å²) in [5, 5.41) is 0.424. The topological polar surface area (TPSA) is 29.3 Å². The molecule has 2 nitrogen and oxygen atoms in total. The van der Waals surface area contributed by atoms with Gasteiger partial charge in [-0.05, 0) is 31.0 Å². The van der Waals surface area contributed by atoms with E-state index in [4.69, 9.17) is 29.6 Å². The van der Waals surface area contributed by atoms with Gasteiger partial charge in [-0.2, -0.15) is 13.2 Å². The number of rotatable bonds is 2. The van der Waals surface area contributed by atoms with Crippen molar-refractivity contribution in [1.82, 2.24) is 0 Å². The zero-order valence-corrected chi connectivity index (χ0v) is 12.2. The molecule has 1 aliphatic rings. The van der Waals surface area contributed by atoms with Crippen LogP contribution in [0.3, 0.4) is 0 Å². The summed E-state index contributed by atoms with van der Waals surface area (Å²) >= 11 is 10.9. The molecule has 20 heavy (non-hydrogen) atoms. The van der Waals surface area contributed by atoms with Crippen molar-refractivity contribution < 1.29 is 13.2 Å². The Bertz CT molecular complexity index is 511. The lowest BCUT2D eigenvalue weighted by Gasteiger charge is -2.34. The summed E-state index contributed by atoms with van der Waals surface area (Å²) in [6.45, 7) is 0.736. The van der Waals surface area contributed by atoms with E-state index in [1.807, 2.05) is 4.90 Å². The van der Waals surface area contributed by atoms with Gasteiger partial charge in [0.15, 0.2) is 0 Å². The minimum Gasteiger partial charge on any atom is -0.389 e. The van der Waals surface area contributed by atoms with Gasteiger partial charge < -0.3 is 10.6 Å². The molecule has 0 saturated carbocycles. The van der Waals surface area contributed by atoms with E-state index in [1.165, 1.54) is 0 Å². The van der Waals surface area contributed by atoms with Crippen LogP contribution in [0, 0.1) is 5.92 Å². The van der Waals surface area contributed by atoms with Gasteiger partial charge >= 0.3 is 6.18 Å². The number of alkyl halides is 3. The molecule has 0 aromatic heterocycles. The first-order chi connectivity index (χ1) is 9.29. The molecule has 1 fully saturated rings. The third-order valence-electron chi connectivity index (χ3n) is 3.54. The molecule has 0 bridgehead atoms. The molecule has 1 aromatic rings. The van der Waals surface area contributed by atoms with E-state index in [-0.39, 0.29) is 17.8 Å².